The van der Waals surface area contributed by atoms with Crippen LogP contribution in [0.2, 0.25) is 0 Å². The molecule has 0 aliphatic heterocycles. The zero-order valence-corrected chi connectivity index (χ0v) is 33.8. The number of aliphatic hydroxyl groups is 1. The van der Waals surface area contributed by atoms with Crippen LogP contribution in [0.3, 0.4) is 0 Å². The maximum atomic E-state index is 13.8. The van der Waals surface area contributed by atoms with Crippen molar-refractivity contribution in [1.29, 1.82) is 0 Å². The molecule has 0 fully saturated rings. The molecule has 0 aromatic rings. The molecule has 0 saturated heterocycles. The quantitative estimate of drug-likeness (QED) is 0.166. The minimum atomic E-state index is -1.06. The normalized spacial score (nSPS) is 18.9. The molecule has 1 N–H and O–H groups in total. The van der Waals surface area contributed by atoms with E-state index < -0.39 is 11.0 Å². The van der Waals surface area contributed by atoms with Crippen molar-refractivity contribution in [1.82, 2.24) is 0 Å². The molecule has 0 spiro atoms. The maximum Gasteiger partial charge on any atom is 0.0932 e. The molecule has 1 rings (SSSR count). The minimum Gasteiger partial charge on any atom is -0.385 e. The fourth-order valence-electron chi connectivity index (χ4n) is 7.63. The summed E-state index contributed by atoms with van der Waals surface area (Å²) in [6, 6.07) is 0. The van der Waals surface area contributed by atoms with E-state index in [1.165, 1.54) is 50.2 Å². The van der Waals surface area contributed by atoms with Crippen LogP contribution in [-0.2, 0) is 0 Å². The van der Waals surface area contributed by atoms with Crippen molar-refractivity contribution >= 4 is 0 Å². The first-order chi connectivity index (χ1) is 21.7. The van der Waals surface area contributed by atoms with E-state index in [1.807, 2.05) is 0 Å². The Morgan fingerprint density at radius 3 is 1.00 bits per heavy atom. The van der Waals surface area contributed by atoms with Crippen LogP contribution >= 0.6 is 0 Å². The molecule has 264 valence electrons. The van der Waals surface area contributed by atoms with E-state index in [0.29, 0.717) is 6.42 Å². The molecular formula is C46H74O. The van der Waals surface area contributed by atoms with Gasteiger partial charge in [0.1, 0.15) is 0 Å². The third-order valence-electron chi connectivity index (χ3n) is 10.4. The summed E-state index contributed by atoms with van der Waals surface area (Å²) in [5.74, 6) is 0. The summed E-state index contributed by atoms with van der Waals surface area (Å²) in [4.78, 5) is 0. The second-order valence-electron chi connectivity index (χ2n) is 16.7. The summed E-state index contributed by atoms with van der Waals surface area (Å²) < 4.78 is 0. The van der Waals surface area contributed by atoms with Gasteiger partial charge in [0.05, 0.1) is 5.60 Å². The van der Waals surface area contributed by atoms with Crippen LogP contribution in [0.25, 0.3) is 0 Å². The molecule has 1 heteroatoms. The molecule has 0 aromatic heterocycles. The summed E-state index contributed by atoms with van der Waals surface area (Å²) in [6.45, 7) is 35.6. The molecule has 0 bridgehead atoms. The summed E-state index contributed by atoms with van der Waals surface area (Å²) in [5.41, 5.74) is 9.88. The molecule has 1 atom stereocenters. The van der Waals surface area contributed by atoms with Gasteiger partial charge < -0.3 is 5.11 Å². The van der Waals surface area contributed by atoms with Crippen molar-refractivity contribution in [2.24, 2.45) is 16.2 Å². The first-order valence-corrected chi connectivity index (χ1v) is 18.2. The third-order valence-corrected chi connectivity index (χ3v) is 10.4. The van der Waals surface area contributed by atoms with Gasteiger partial charge in [-0.25, -0.2) is 0 Å². The zero-order chi connectivity index (χ0) is 36.2. The number of allylic oxidation sites excluding steroid dienone is 16. The third kappa shape index (κ3) is 11.1. The summed E-state index contributed by atoms with van der Waals surface area (Å²) in [5, 5.41) is 13.8. The molecule has 1 aliphatic rings. The molecule has 0 amide bonds. The molecule has 1 nitrogen and oxygen atoms in total. The Balaban J connectivity index is 5.03. The first-order valence-electron chi connectivity index (χ1n) is 18.2. The Bertz CT molecular complexity index is 1250. The van der Waals surface area contributed by atoms with Crippen molar-refractivity contribution < 1.29 is 5.11 Å². The highest BCUT2D eigenvalue weighted by Crippen LogP contribution is 2.73. The van der Waals surface area contributed by atoms with Crippen LogP contribution in [0.15, 0.2) is 105 Å². The Labute approximate surface area is 293 Å². The molecular weight excluding hydrogens is 569 g/mol. The van der Waals surface area contributed by atoms with E-state index in [4.69, 9.17) is 0 Å². The summed E-state index contributed by atoms with van der Waals surface area (Å²) in [6.07, 6.45) is 28.8. The van der Waals surface area contributed by atoms with Crippen molar-refractivity contribution in [3.63, 3.8) is 0 Å². The minimum absolute atomic E-state index is 0.229. The number of hydrogen-bond donors (Lipinski definition) is 1. The fraction of sp³-hybridized carbons (Fsp3) is 0.609. The van der Waals surface area contributed by atoms with E-state index in [0.717, 1.165) is 44.9 Å². The standard InChI is InChI=1S/C46H74O/c1-34(2)17-18-42-33-46(47,32-25-41(15)16)45(30-23-39(11)12,31-24-40(13)14)44(28-21-37(7)8,29-22-38(9)10)43(42,26-19-35(3)4)27-20-36(5)6/h17,19-25,33,47H,18,26-32H2,1-16H3. The monoisotopic (exact) mass is 643 g/mol. The van der Waals surface area contributed by atoms with Crippen LogP contribution in [0.5, 0.6) is 0 Å². The van der Waals surface area contributed by atoms with Crippen molar-refractivity contribution in [2.45, 2.75) is 168 Å². The van der Waals surface area contributed by atoms with Crippen molar-refractivity contribution in [2.75, 3.05) is 0 Å². The van der Waals surface area contributed by atoms with Gasteiger partial charge in [0.2, 0.25) is 0 Å². The first kappa shape index (κ1) is 42.6. The van der Waals surface area contributed by atoms with Crippen LogP contribution in [-0.4, -0.2) is 10.7 Å². The van der Waals surface area contributed by atoms with Gasteiger partial charge in [0.15, 0.2) is 0 Å². The smallest absolute Gasteiger partial charge is 0.0932 e. The summed E-state index contributed by atoms with van der Waals surface area (Å²) >= 11 is 0. The van der Waals surface area contributed by atoms with Crippen LogP contribution in [0.4, 0.5) is 0 Å². The average molecular weight is 643 g/mol. The van der Waals surface area contributed by atoms with Gasteiger partial charge in [0.25, 0.3) is 0 Å². The second kappa shape index (κ2) is 18.4. The predicted octanol–water partition coefficient (Wildman–Crippen LogP) is 14.5. The number of rotatable bonds is 16. The van der Waals surface area contributed by atoms with E-state index in [2.05, 4.69) is 165 Å². The lowest BCUT2D eigenvalue weighted by molar-refractivity contribution is -0.183. The van der Waals surface area contributed by atoms with Gasteiger partial charge in [-0.15, -0.1) is 0 Å². The molecule has 1 aliphatic carbocycles. The Kier molecular flexibility index (Phi) is 16.7. The summed E-state index contributed by atoms with van der Waals surface area (Å²) in [7, 11) is 0. The van der Waals surface area contributed by atoms with Gasteiger partial charge >= 0.3 is 0 Å². The fourth-order valence-corrected chi connectivity index (χ4v) is 7.63. The van der Waals surface area contributed by atoms with Crippen molar-refractivity contribution in [3.05, 3.63) is 105 Å². The highest BCUT2D eigenvalue weighted by atomic mass is 16.3. The molecule has 0 saturated carbocycles. The topological polar surface area (TPSA) is 20.2 Å². The molecule has 47 heavy (non-hydrogen) atoms. The Morgan fingerprint density at radius 2 is 0.681 bits per heavy atom. The van der Waals surface area contributed by atoms with E-state index in [9.17, 15) is 5.11 Å². The lowest BCUT2D eigenvalue weighted by Crippen LogP contribution is -2.66. The highest BCUT2D eigenvalue weighted by molar-refractivity contribution is 5.42. The maximum absolute atomic E-state index is 13.8. The van der Waals surface area contributed by atoms with Gasteiger partial charge in [-0.1, -0.05) is 105 Å². The Morgan fingerprint density at radius 1 is 0.404 bits per heavy atom. The predicted molar refractivity (Wildman–Crippen MR) is 213 cm³/mol. The van der Waals surface area contributed by atoms with E-state index in [1.54, 1.807) is 0 Å². The van der Waals surface area contributed by atoms with Gasteiger partial charge in [0, 0.05) is 10.8 Å². The van der Waals surface area contributed by atoms with Crippen LogP contribution in [0.1, 0.15) is 162 Å². The lowest BCUT2D eigenvalue weighted by Gasteiger charge is -2.69. The highest BCUT2D eigenvalue weighted by Gasteiger charge is 2.69. The van der Waals surface area contributed by atoms with Gasteiger partial charge in [-0.3, -0.25) is 0 Å². The van der Waals surface area contributed by atoms with E-state index >= 15 is 0 Å². The lowest BCUT2D eigenvalue weighted by atomic mass is 9.35. The van der Waals surface area contributed by atoms with Gasteiger partial charge in [-0.05, 0) is 168 Å². The average Bonchev–Trinajstić information content (AvgIpc) is 2.94. The Hall–Kier alpha value is -2.38. The zero-order valence-electron chi connectivity index (χ0n) is 33.8. The van der Waals surface area contributed by atoms with E-state index in [-0.39, 0.29) is 10.8 Å². The van der Waals surface area contributed by atoms with Gasteiger partial charge in [-0.2, -0.15) is 0 Å². The largest absolute Gasteiger partial charge is 0.385 e. The molecule has 0 aromatic carbocycles. The van der Waals surface area contributed by atoms with Crippen molar-refractivity contribution in [3.8, 4) is 0 Å². The number of hydrogen-bond acceptors (Lipinski definition) is 1. The molecule has 0 heterocycles. The molecule has 0 radical (unpaired) electrons. The second-order valence-corrected chi connectivity index (χ2v) is 16.7. The van der Waals surface area contributed by atoms with Crippen LogP contribution < -0.4 is 0 Å². The van der Waals surface area contributed by atoms with Crippen LogP contribution in [0, 0.1) is 16.2 Å². The SMILES string of the molecule is CC(C)=CCC1=CC(O)(CC=C(C)C)C(CC=C(C)C)(CC=C(C)C)C(CC=C(C)C)(CC=C(C)C)C1(CC=C(C)C)CC=C(C)C. The molecule has 1 unspecified atom stereocenters.